The van der Waals surface area contributed by atoms with Gasteiger partial charge in [0.1, 0.15) is 12.7 Å². The fraction of sp³-hybridized carbons (Fsp3) is 0.765. The molecular formula is C17H28O10Si. The lowest BCUT2D eigenvalue weighted by molar-refractivity contribution is -0.290. The summed E-state index contributed by atoms with van der Waals surface area (Å²) in [4.78, 5) is 46.2. The van der Waals surface area contributed by atoms with Crippen LogP contribution in [0.5, 0.6) is 0 Å². The molecule has 0 aromatic carbocycles. The summed E-state index contributed by atoms with van der Waals surface area (Å²) >= 11 is 0. The van der Waals surface area contributed by atoms with E-state index in [0.29, 0.717) is 0 Å². The highest BCUT2D eigenvalue weighted by Gasteiger charge is 2.53. The van der Waals surface area contributed by atoms with E-state index in [0.717, 1.165) is 0 Å². The van der Waals surface area contributed by atoms with Crippen LogP contribution in [-0.2, 0) is 47.3 Å². The molecule has 0 aromatic heterocycles. The number of rotatable bonds is 7. The fourth-order valence-electron chi connectivity index (χ4n) is 2.63. The normalized spacial score (nSPS) is 27.5. The maximum absolute atomic E-state index is 11.7. The molecule has 1 aliphatic rings. The van der Waals surface area contributed by atoms with Gasteiger partial charge in [0.25, 0.3) is 0 Å². The van der Waals surface area contributed by atoms with Crippen LogP contribution in [0.25, 0.3) is 0 Å². The van der Waals surface area contributed by atoms with E-state index >= 15 is 0 Å². The maximum atomic E-state index is 11.7. The number of carbonyl (C=O) groups excluding carboxylic acids is 4. The van der Waals surface area contributed by atoms with Gasteiger partial charge < -0.3 is 28.1 Å². The third-order valence-corrected chi connectivity index (χ3v) is 4.36. The Bertz CT molecular complexity index is 599. The van der Waals surface area contributed by atoms with Crippen molar-refractivity contribution in [2.75, 3.05) is 6.61 Å². The summed E-state index contributed by atoms with van der Waals surface area (Å²) in [7, 11) is -2.21. The molecule has 0 bridgehead atoms. The van der Waals surface area contributed by atoms with Gasteiger partial charge in [-0.2, -0.15) is 0 Å². The van der Waals surface area contributed by atoms with Crippen LogP contribution in [0, 0.1) is 0 Å². The van der Waals surface area contributed by atoms with Crippen LogP contribution >= 0.6 is 0 Å². The molecule has 1 rings (SSSR count). The SMILES string of the molecule is CC(=O)OC[C@H]1O[C@@H](O[Si](C)(C)C)[C@H](OC(C)=O)[C@@H](OC(C)=O)[C@@H]1OC(C)=O. The van der Waals surface area contributed by atoms with Gasteiger partial charge in [0.05, 0.1) is 0 Å². The Morgan fingerprint density at radius 3 is 1.64 bits per heavy atom. The first-order valence-corrected chi connectivity index (χ1v) is 12.2. The highest BCUT2D eigenvalue weighted by atomic mass is 28.4. The van der Waals surface area contributed by atoms with Crippen molar-refractivity contribution < 1.29 is 47.3 Å². The van der Waals surface area contributed by atoms with Crippen molar-refractivity contribution in [3.05, 3.63) is 0 Å². The van der Waals surface area contributed by atoms with Gasteiger partial charge in [-0.3, -0.25) is 19.2 Å². The van der Waals surface area contributed by atoms with E-state index in [9.17, 15) is 19.2 Å². The molecule has 0 amide bonds. The zero-order valence-corrected chi connectivity index (χ0v) is 18.2. The molecule has 0 saturated carbocycles. The maximum Gasteiger partial charge on any atom is 0.303 e. The summed E-state index contributed by atoms with van der Waals surface area (Å²) in [6.45, 7) is 10.1. The van der Waals surface area contributed by atoms with Gasteiger partial charge in [-0.25, -0.2) is 0 Å². The minimum atomic E-state index is -2.21. The summed E-state index contributed by atoms with van der Waals surface area (Å²) in [6.07, 6.45) is -5.66. The third kappa shape index (κ3) is 7.95. The first-order valence-electron chi connectivity index (χ1n) is 8.78. The zero-order chi connectivity index (χ0) is 21.6. The van der Waals surface area contributed by atoms with Gasteiger partial charge in [0, 0.05) is 27.7 Å². The topological polar surface area (TPSA) is 124 Å². The molecule has 28 heavy (non-hydrogen) atoms. The molecule has 11 heteroatoms. The summed E-state index contributed by atoms with van der Waals surface area (Å²) in [6, 6.07) is 0. The molecule has 5 atom stereocenters. The Morgan fingerprint density at radius 2 is 1.21 bits per heavy atom. The van der Waals surface area contributed by atoms with Gasteiger partial charge in [0.2, 0.25) is 0 Å². The van der Waals surface area contributed by atoms with Gasteiger partial charge in [-0.1, -0.05) is 0 Å². The second kappa shape index (κ2) is 9.98. The average molecular weight is 420 g/mol. The van der Waals surface area contributed by atoms with Crippen LogP contribution < -0.4 is 0 Å². The Hall–Kier alpha value is -1.98. The van der Waals surface area contributed by atoms with Gasteiger partial charge in [0.15, 0.2) is 32.9 Å². The number of ether oxygens (including phenoxy) is 5. The molecule has 1 saturated heterocycles. The van der Waals surface area contributed by atoms with Gasteiger partial charge in [-0.05, 0) is 19.6 Å². The van der Waals surface area contributed by atoms with E-state index < -0.39 is 62.9 Å². The van der Waals surface area contributed by atoms with Crippen LogP contribution in [0.15, 0.2) is 0 Å². The minimum absolute atomic E-state index is 0.274. The Balaban J connectivity index is 3.33. The van der Waals surface area contributed by atoms with Gasteiger partial charge in [-0.15, -0.1) is 0 Å². The lowest BCUT2D eigenvalue weighted by Crippen LogP contribution is -2.64. The first-order chi connectivity index (χ1) is 12.8. The lowest BCUT2D eigenvalue weighted by Gasteiger charge is -2.45. The predicted octanol–water partition coefficient (Wildman–Crippen LogP) is 0.921. The highest BCUT2D eigenvalue weighted by Crippen LogP contribution is 2.31. The first kappa shape index (κ1) is 24.1. The Morgan fingerprint density at radius 1 is 0.750 bits per heavy atom. The standard InChI is InChI=1S/C17H28O10Si/c1-9(18)22-8-13-14(23-10(2)19)15(24-11(3)20)16(25-12(4)21)17(26-13)27-28(5,6)7/h13-17H,8H2,1-7H3/t13-,14-,15+,16-,17+/m1/s1. The smallest absolute Gasteiger partial charge is 0.303 e. The lowest BCUT2D eigenvalue weighted by atomic mass is 9.98. The molecule has 0 aliphatic carbocycles. The molecular weight excluding hydrogens is 392 g/mol. The van der Waals surface area contributed by atoms with E-state index in [1.165, 1.54) is 27.7 Å². The van der Waals surface area contributed by atoms with Crippen LogP contribution in [0.4, 0.5) is 0 Å². The summed E-state index contributed by atoms with van der Waals surface area (Å²) in [5.41, 5.74) is 0. The zero-order valence-electron chi connectivity index (χ0n) is 17.2. The second-order valence-corrected chi connectivity index (χ2v) is 11.8. The van der Waals surface area contributed by atoms with E-state index in [-0.39, 0.29) is 6.61 Å². The molecule has 0 unspecified atom stereocenters. The van der Waals surface area contributed by atoms with Crippen molar-refractivity contribution in [2.45, 2.75) is 78.0 Å². The number of esters is 4. The van der Waals surface area contributed by atoms with E-state index in [4.69, 9.17) is 28.1 Å². The molecule has 160 valence electrons. The summed E-state index contributed by atoms with van der Waals surface area (Å²) < 4.78 is 32.7. The second-order valence-electron chi connectivity index (χ2n) is 7.30. The molecule has 1 fully saturated rings. The number of carbonyl (C=O) groups is 4. The third-order valence-electron chi connectivity index (χ3n) is 3.42. The number of hydrogen-bond acceptors (Lipinski definition) is 10. The van der Waals surface area contributed by atoms with Crippen molar-refractivity contribution in [1.82, 2.24) is 0 Å². The van der Waals surface area contributed by atoms with E-state index in [1.54, 1.807) is 0 Å². The molecule has 0 spiro atoms. The van der Waals surface area contributed by atoms with Crippen molar-refractivity contribution in [3.8, 4) is 0 Å². The fourth-order valence-corrected chi connectivity index (χ4v) is 3.52. The van der Waals surface area contributed by atoms with Crippen molar-refractivity contribution in [2.24, 2.45) is 0 Å². The Labute approximate surface area is 164 Å². The summed E-state index contributed by atoms with van der Waals surface area (Å²) in [5, 5.41) is 0. The molecule has 10 nitrogen and oxygen atoms in total. The molecule has 1 aliphatic heterocycles. The van der Waals surface area contributed by atoms with E-state index in [1.807, 2.05) is 19.6 Å². The van der Waals surface area contributed by atoms with Gasteiger partial charge >= 0.3 is 23.9 Å². The molecule has 0 N–H and O–H groups in total. The van der Waals surface area contributed by atoms with Crippen LogP contribution in [-0.4, -0.2) is 69.5 Å². The predicted molar refractivity (Wildman–Crippen MR) is 96.4 cm³/mol. The van der Waals surface area contributed by atoms with Crippen molar-refractivity contribution in [1.29, 1.82) is 0 Å². The van der Waals surface area contributed by atoms with Crippen LogP contribution in [0.1, 0.15) is 27.7 Å². The molecule has 1 heterocycles. The Kier molecular flexibility index (Phi) is 8.58. The highest BCUT2D eigenvalue weighted by molar-refractivity contribution is 6.69. The number of hydrogen-bond donors (Lipinski definition) is 0. The van der Waals surface area contributed by atoms with Crippen LogP contribution in [0.3, 0.4) is 0 Å². The monoisotopic (exact) mass is 420 g/mol. The van der Waals surface area contributed by atoms with Crippen molar-refractivity contribution >= 4 is 32.2 Å². The van der Waals surface area contributed by atoms with Crippen LogP contribution in [0.2, 0.25) is 19.6 Å². The van der Waals surface area contributed by atoms with E-state index in [2.05, 4.69) is 0 Å². The van der Waals surface area contributed by atoms with Crippen molar-refractivity contribution in [3.63, 3.8) is 0 Å². The molecule has 0 aromatic rings. The quantitative estimate of drug-likeness (QED) is 0.333. The molecule has 0 radical (unpaired) electrons. The average Bonchev–Trinajstić information content (AvgIpc) is 2.48. The summed E-state index contributed by atoms with van der Waals surface area (Å²) in [5.74, 6) is -2.59. The minimum Gasteiger partial charge on any atom is -0.463 e. The largest absolute Gasteiger partial charge is 0.463 e.